The molecule has 0 aliphatic heterocycles. The second-order valence-corrected chi connectivity index (χ2v) is 6.79. The number of rotatable bonds is 6. The predicted molar refractivity (Wildman–Crippen MR) is 96.1 cm³/mol. The van der Waals surface area contributed by atoms with Crippen LogP contribution < -0.4 is 5.32 Å². The summed E-state index contributed by atoms with van der Waals surface area (Å²) in [5, 5.41) is 13.2. The van der Waals surface area contributed by atoms with E-state index in [4.69, 9.17) is 4.74 Å². The Bertz CT molecular complexity index is 791. The number of anilines is 1. The van der Waals surface area contributed by atoms with Crippen LogP contribution in [0.25, 0.3) is 10.9 Å². The standard InChI is InChI=1S/C17H20BrF3N2O3/c1-3-5-8-16(25,17(19,20)21)13-11-9-10(18)6-7-12(11)22-14(13)23-15(24)26-4-2/h6-7,9,22,25H,3-5,8H2,1-2H3,(H,23,24). The van der Waals surface area contributed by atoms with Crippen LogP contribution in [0.5, 0.6) is 0 Å². The molecule has 1 heterocycles. The van der Waals surface area contributed by atoms with Crippen LogP contribution in [0.15, 0.2) is 22.7 Å². The zero-order valence-corrected chi connectivity index (χ0v) is 15.9. The number of carbonyl (C=O) groups excluding carboxylic acids is 1. The van der Waals surface area contributed by atoms with E-state index >= 15 is 0 Å². The summed E-state index contributed by atoms with van der Waals surface area (Å²) < 4.78 is 46.9. The molecule has 0 bridgehead atoms. The first kappa shape index (κ1) is 20.6. The number of benzene rings is 1. The van der Waals surface area contributed by atoms with Crippen molar-refractivity contribution in [3.63, 3.8) is 0 Å². The van der Waals surface area contributed by atoms with E-state index < -0.39 is 29.9 Å². The van der Waals surface area contributed by atoms with E-state index in [9.17, 15) is 23.1 Å². The van der Waals surface area contributed by atoms with Crippen molar-refractivity contribution < 1.29 is 27.8 Å². The number of hydrogen-bond donors (Lipinski definition) is 3. The first-order valence-electron chi connectivity index (χ1n) is 8.18. The number of unbranched alkanes of at least 4 members (excludes halogenated alkanes) is 1. The molecule has 0 aliphatic carbocycles. The molecule has 1 atom stereocenters. The molecule has 0 aliphatic rings. The molecule has 0 fully saturated rings. The summed E-state index contributed by atoms with van der Waals surface area (Å²) in [7, 11) is 0. The fourth-order valence-corrected chi connectivity index (χ4v) is 3.16. The van der Waals surface area contributed by atoms with E-state index in [-0.39, 0.29) is 24.2 Å². The van der Waals surface area contributed by atoms with Crippen molar-refractivity contribution in [1.82, 2.24) is 4.98 Å². The minimum atomic E-state index is -4.93. The van der Waals surface area contributed by atoms with Crippen molar-refractivity contribution >= 4 is 38.7 Å². The molecule has 5 nitrogen and oxygen atoms in total. The lowest BCUT2D eigenvalue weighted by atomic mass is 9.86. The van der Waals surface area contributed by atoms with Crippen LogP contribution in [-0.2, 0) is 10.3 Å². The van der Waals surface area contributed by atoms with Gasteiger partial charge in [0, 0.05) is 20.9 Å². The van der Waals surface area contributed by atoms with Gasteiger partial charge in [0.15, 0.2) is 5.60 Å². The third kappa shape index (κ3) is 3.98. The molecule has 2 rings (SSSR count). The second kappa shape index (κ2) is 7.87. The Morgan fingerprint density at radius 3 is 2.62 bits per heavy atom. The molecule has 1 aromatic heterocycles. The highest BCUT2D eigenvalue weighted by molar-refractivity contribution is 9.10. The van der Waals surface area contributed by atoms with Gasteiger partial charge in [-0.3, -0.25) is 5.32 Å². The van der Waals surface area contributed by atoms with Gasteiger partial charge in [-0.1, -0.05) is 35.7 Å². The van der Waals surface area contributed by atoms with Gasteiger partial charge in [-0.15, -0.1) is 0 Å². The highest BCUT2D eigenvalue weighted by Crippen LogP contribution is 2.48. The summed E-state index contributed by atoms with van der Waals surface area (Å²) in [6.45, 7) is 3.38. The normalized spacial score (nSPS) is 14.3. The van der Waals surface area contributed by atoms with E-state index in [0.717, 1.165) is 0 Å². The third-order valence-electron chi connectivity index (χ3n) is 4.04. The molecule has 1 aromatic carbocycles. The smallest absolute Gasteiger partial charge is 0.421 e. The van der Waals surface area contributed by atoms with Gasteiger partial charge in [-0.05, 0) is 31.5 Å². The second-order valence-electron chi connectivity index (χ2n) is 5.87. The van der Waals surface area contributed by atoms with Crippen LogP contribution in [-0.4, -0.2) is 29.0 Å². The number of carbonyl (C=O) groups is 1. The van der Waals surface area contributed by atoms with Gasteiger partial charge >= 0.3 is 12.3 Å². The van der Waals surface area contributed by atoms with Crippen molar-refractivity contribution in [3.05, 3.63) is 28.2 Å². The summed E-state index contributed by atoms with van der Waals surface area (Å²) in [4.78, 5) is 14.5. The van der Waals surface area contributed by atoms with Crippen LogP contribution in [0.3, 0.4) is 0 Å². The third-order valence-corrected chi connectivity index (χ3v) is 4.53. The van der Waals surface area contributed by atoms with Crippen molar-refractivity contribution in [2.24, 2.45) is 0 Å². The summed E-state index contributed by atoms with van der Waals surface area (Å²) in [6.07, 6.45) is -5.71. The Balaban J connectivity index is 2.70. The topological polar surface area (TPSA) is 74.3 Å². The summed E-state index contributed by atoms with van der Waals surface area (Å²) in [5.41, 5.74) is -3.17. The Labute approximate surface area is 157 Å². The molecule has 0 saturated carbocycles. The van der Waals surface area contributed by atoms with E-state index in [0.29, 0.717) is 16.4 Å². The number of aromatic nitrogens is 1. The maximum Gasteiger partial charge on any atom is 0.421 e. The quantitative estimate of drug-likeness (QED) is 0.564. The van der Waals surface area contributed by atoms with Crippen LogP contribution in [0.1, 0.15) is 38.7 Å². The number of fused-ring (bicyclic) bond motifs is 1. The first-order valence-corrected chi connectivity index (χ1v) is 8.98. The Hall–Kier alpha value is -1.74. The van der Waals surface area contributed by atoms with Crippen LogP contribution in [0.2, 0.25) is 0 Å². The maximum absolute atomic E-state index is 13.9. The molecule has 0 saturated heterocycles. The number of aromatic amines is 1. The van der Waals surface area contributed by atoms with Gasteiger partial charge in [0.25, 0.3) is 0 Å². The van der Waals surface area contributed by atoms with Crippen molar-refractivity contribution in [2.45, 2.75) is 44.9 Å². The minimum absolute atomic E-state index is 0.0618. The number of ether oxygens (including phenoxy) is 1. The molecule has 2 aromatic rings. The zero-order chi connectivity index (χ0) is 19.5. The van der Waals surface area contributed by atoms with Crippen LogP contribution >= 0.6 is 15.9 Å². The summed E-state index contributed by atoms with van der Waals surface area (Å²) in [5.74, 6) is -0.229. The molecule has 9 heteroatoms. The van der Waals surface area contributed by atoms with Gasteiger partial charge in [0.05, 0.1) is 6.61 Å². The molecule has 144 valence electrons. The monoisotopic (exact) mass is 436 g/mol. The predicted octanol–water partition coefficient (Wildman–Crippen LogP) is 5.44. The average molecular weight is 437 g/mol. The van der Waals surface area contributed by atoms with E-state index in [2.05, 4.69) is 26.2 Å². The van der Waals surface area contributed by atoms with E-state index in [1.807, 2.05) is 0 Å². The molecule has 1 amide bonds. The van der Waals surface area contributed by atoms with Gasteiger partial charge < -0.3 is 14.8 Å². The van der Waals surface area contributed by atoms with Gasteiger partial charge in [-0.2, -0.15) is 13.2 Å². The Morgan fingerprint density at radius 1 is 1.35 bits per heavy atom. The zero-order valence-electron chi connectivity index (χ0n) is 14.3. The number of hydrogen-bond acceptors (Lipinski definition) is 3. The minimum Gasteiger partial charge on any atom is -0.450 e. The molecule has 26 heavy (non-hydrogen) atoms. The largest absolute Gasteiger partial charge is 0.450 e. The molecular formula is C17H20BrF3N2O3. The van der Waals surface area contributed by atoms with Crippen LogP contribution in [0.4, 0.5) is 23.8 Å². The van der Waals surface area contributed by atoms with Gasteiger partial charge in [0.1, 0.15) is 5.82 Å². The lowest BCUT2D eigenvalue weighted by Crippen LogP contribution is -2.42. The van der Waals surface area contributed by atoms with Crippen molar-refractivity contribution in [1.29, 1.82) is 0 Å². The molecule has 3 N–H and O–H groups in total. The van der Waals surface area contributed by atoms with Crippen molar-refractivity contribution in [3.8, 4) is 0 Å². The van der Waals surface area contributed by atoms with Crippen LogP contribution in [0, 0.1) is 0 Å². The number of aliphatic hydroxyl groups is 1. The highest BCUT2D eigenvalue weighted by atomic mass is 79.9. The lowest BCUT2D eigenvalue weighted by Gasteiger charge is -2.31. The van der Waals surface area contributed by atoms with E-state index in [1.165, 1.54) is 6.07 Å². The maximum atomic E-state index is 13.9. The fraction of sp³-hybridized carbons (Fsp3) is 0.471. The lowest BCUT2D eigenvalue weighted by molar-refractivity contribution is -0.268. The highest BCUT2D eigenvalue weighted by Gasteiger charge is 2.56. The Morgan fingerprint density at radius 2 is 2.04 bits per heavy atom. The average Bonchev–Trinajstić information content (AvgIpc) is 2.89. The number of alkyl halides is 3. The van der Waals surface area contributed by atoms with E-state index in [1.54, 1.807) is 26.0 Å². The molecule has 0 radical (unpaired) electrons. The SMILES string of the molecule is CCCCC(O)(c1c(NC(=O)OCC)[nH]c2ccc(Br)cc12)C(F)(F)F. The molecule has 0 spiro atoms. The first-order chi connectivity index (χ1) is 12.1. The number of amides is 1. The summed E-state index contributed by atoms with van der Waals surface area (Å²) in [6, 6.07) is 4.69. The molecule has 1 unspecified atom stereocenters. The fourth-order valence-electron chi connectivity index (χ4n) is 2.80. The summed E-state index contributed by atoms with van der Waals surface area (Å²) >= 11 is 3.23. The Kier molecular flexibility index (Phi) is 6.23. The van der Waals surface area contributed by atoms with Gasteiger partial charge in [-0.25, -0.2) is 4.79 Å². The molecular weight excluding hydrogens is 417 g/mol. The number of H-pyrrole nitrogens is 1. The van der Waals surface area contributed by atoms with Crippen molar-refractivity contribution in [2.75, 3.05) is 11.9 Å². The number of nitrogens with one attached hydrogen (secondary N) is 2. The number of halogens is 4. The van der Waals surface area contributed by atoms with Gasteiger partial charge in [0.2, 0.25) is 0 Å².